The van der Waals surface area contributed by atoms with Crippen LogP contribution >= 0.6 is 0 Å². The van der Waals surface area contributed by atoms with Gasteiger partial charge < -0.3 is 15.9 Å². The maximum atomic E-state index is 9.79. The first-order valence-corrected chi connectivity index (χ1v) is 4.30. The molecule has 0 radical (unpaired) electrons. The minimum absolute atomic E-state index is 0.616. The first-order valence-electron chi connectivity index (χ1n) is 2.94. The average Bonchev–Trinajstić information content (AvgIpc) is 2.03. The van der Waals surface area contributed by atoms with Gasteiger partial charge >= 0.3 is 10.4 Å². The number of nitrogens with two attached hydrogens (primary N) is 1. The molecule has 0 saturated heterocycles. The molecule has 0 spiro atoms. The Bertz CT molecular complexity index is 178. The maximum absolute atomic E-state index is 9.79. The zero-order chi connectivity index (χ0) is 10.2. The van der Waals surface area contributed by atoms with Gasteiger partial charge in [0.25, 0.3) is 0 Å². The van der Waals surface area contributed by atoms with Crippen molar-refractivity contribution < 1.29 is 27.4 Å². The van der Waals surface area contributed by atoms with E-state index >= 15 is 0 Å². The van der Waals surface area contributed by atoms with Crippen LogP contribution < -0.4 is 5.73 Å². The Morgan fingerprint density at radius 2 is 1.92 bits per heavy atom. The number of aliphatic hydroxyl groups excluding tert-OH is 2. The molecule has 5 N–H and O–H groups in total. The minimum Gasteiger partial charge on any atom is -0.394 e. The minimum atomic E-state index is -4.50. The summed E-state index contributed by atoms with van der Waals surface area (Å²) in [5.74, 6) is 0. The van der Waals surface area contributed by atoms with Crippen molar-refractivity contribution in [2.45, 2.75) is 6.10 Å². The predicted octanol–water partition coefficient (Wildman–Crippen LogP) is -2.27. The molecule has 0 rings (SSSR count). The van der Waals surface area contributed by atoms with Gasteiger partial charge in [0.2, 0.25) is 0 Å². The smallest absolute Gasteiger partial charge is 0.394 e. The van der Waals surface area contributed by atoms with Gasteiger partial charge in [0, 0.05) is 0 Å². The summed E-state index contributed by atoms with van der Waals surface area (Å²) < 4.78 is 31.2. The first kappa shape index (κ1) is 14.3. The van der Waals surface area contributed by atoms with Crippen LogP contribution in [0.1, 0.15) is 0 Å². The molecule has 0 aromatic carbocycles. The molecule has 12 heavy (non-hydrogen) atoms. The Hall–Kier alpha value is -0.250. The third-order valence-corrected chi connectivity index (χ3v) is 1.05. The summed E-state index contributed by atoms with van der Waals surface area (Å²) in [7, 11) is -3.00. The van der Waals surface area contributed by atoms with Crippen molar-refractivity contribution in [1.82, 2.24) is 0 Å². The molecule has 0 aromatic rings. The summed E-state index contributed by atoms with van der Waals surface area (Å²) in [6.45, 7) is -1.26. The fourth-order valence-corrected chi connectivity index (χ4v) is 0.546. The maximum Gasteiger partial charge on any atom is 0.397 e. The second kappa shape index (κ2) is 7.40. The molecule has 0 aliphatic rings. The Morgan fingerprint density at radius 1 is 1.50 bits per heavy atom. The van der Waals surface area contributed by atoms with Crippen LogP contribution in [0.25, 0.3) is 0 Å². The quantitative estimate of drug-likeness (QED) is 0.379. The zero-order valence-electron chi connectivity index (χ0n) is 6.54. The van der Waals surface area contributed by atoms with Gasteiger partial charge in [0.05, 0.1) is 13.2 Å². The molecule has 0 heterocycles. The van der Waals surface area contributed by atoms with Crippen LogP contribution in [0.3, 0.4) is 0 Å². The Balaban J connectivity index is 0. The van der Waals surface area contributed by atoms with Crippen LogP contribution in [0.5, 0.6) is 0 Å². The summed E-state index contributed by atoms with van der Waals surface area (Å²) in [6, 6.07) is 0. The van der Waals surface area contributed by atoms with Crippen LogP contribution in [0.2, 0.25) is 0 Å². The SMILES string of the molecule is CN.O=S(=O)(O)OCC(O)CO. The zero-order valence-corrected chi connectivity index (χ0v) is 7.36. The van der Waals surface area contributed by atoms with Crippen LogP contribution in [0.4, 0.5) is 0 Å². The van der Waals surface area contributed by atoms with Crippen molar-refractivity contribution in [1.29, 1.82) is 0 Å². The van der Waals surface area contributed by atoms with Gasteiger partial charge in [0.15, 0.2) is 0 Å². The molecule has 0 aromatic heterocycles. The summed E-state index contributed by atoms with van der Waals surface area (Å²) in [4.78, 5) is 0. The fourth-order valence-electron chi connectivity index (χ4n) is 0.217. The normalized spacial score (nSPS) is 13.1. The molecule has 0 saturated carbocycles. The number of hydrogen-bond donors (Lipinski definition) is 4. The van der Waals surface area contributed by atoms with E-state index in [1.54, 1.807) is 0 Å². The van der Waals surface area contributed by atoms with Crippen molar-refractivity contribution in [3.05, 3.63) is 0 Å². The molecule has 0 amide bonds. The van der Waals surface area contributed by atoms with Crippen molar-refractivity contribution in [2.24, 2.45) is 5.73 Å². The molecule has 0 fully saturated rings. The second-order valence-corrected chi connectivity index (χ2v) is 2.64. The van der Waals surface area contributed by atoms with E-state index < -0.39 is 29.7 Å². The highest BCUT2D eigenvalue weighted by atomic mass is 32.3. The third kappa shape index (κ3) is 12.4. The molecular formula is C4H13NO6S. The van der Waals surface area contributed by atoms with Crippen LogP contribution in [0.15, 0.2) is 0 Å². The van der Waals surface area contributed by atoms with E-state index in [1.807, 2.05) is 0 Å². The lowest BCUT2D eigenvalue weighted by Crippen LogP contribution is -2.21. The van der Waals surface area contributed by atoms with Gasteiger partial charge in [-0.15, -0.1) is 0 Å². The van der Waals surface area contributed by atoms with E-state index in [4.69, 9.17) is 14.8 Å². The number of rotatable bonds is 4. The van der Waals surface area contributed by atoms with Gasteiger partial charge in [-0.2, -0.15) is 8.42 Å². The van der Waals surface area contributed by atoms with Crippen LogP contribution in [-0.4, -0.2) is 49.5 Å². The van der Waals surface area contributed by atoms with E-state index in [9.17, 15) is 8.42 Å². The molecule has 76 valence electrons. The number of hydrogen-bond acceptors (Lipinski definition) is 6. The Kier molecular flexibility index (Phi) is 8.81. The van der Waals surface area contributed by atoms with Crippen molar-refractivity contribution in [3.63, 3.8) is 0 Å². The predicted molar refractivity (Wildman–Crippen MR) is 40.7 cm³/mol. The van der Waals surface area contributed by atoms with Gasteiger partial charge in [-0.1, -0.05) is 0 Å². The van der Waals surface area contributed by atoms with Crippen LogP contribution in [-0.2, 0) is 14.6 Å². The van der Waals surface area contributed by atoms with E-state index in [1.165, 1.54) is 7.05 Å². The summed E-state index contributed by atoms with van der Waals surface area (Å²) >= 11 is 0. The van der Waals surface area contributed by atoms with E-state index in [0.717, 1.165) is 0 Å². The van der Waals surface area contributed by atoms with Gasteiger partial charge in [-0.05, 0) is 7.05 Å². The largest absolute Gasteiger partial charge is 0.397 e. The topological polar surface area (TPSA) is 130 Å². The highest BCUT2D eigenvalue weighted by molar-refractivity contribution is 7.80. The summed E-state index contributed by atoms with van der Waals surface area (Å²) in [5.41, 5.74) is 4.50. The molecule has 1 atom stereocenters. The van der Waals surface area contributed by atoms with Crippen molar-refractivity contribution in [3.8, 4) is 0 Å². The van der Waals surface area contributed by atoms with Gasteiger partial charge in [-0.3, -0.25) is 4.55 Å². The third-order valence-electron chi connectivity index (χ3n) is 0.620. The average molecular weight is 203 g/mol. The van der Waals surface area contributed by atoms with Crippen LogP contribution in [0, 0.1) is 0 Å². The molecular weight excluding hydrogens is 190 g/mol. The molecule has 7 nitrogen and oxygen atoms in total. The van der Waals surface area contributed by atoms with Gasteiger partial charge in [0.1, 0.15) is 6.10 Å². The highest BCUT2D eigenvalue weighted by Crippen LogP contribution is 1.88. The lowest BCUT2D eigenvalue weighted by Gasteiger charge is -2.03. The highest BCUT2D eigenvalue weighted by Gasteiger charge is 2.08. The molecule has 8 heteroatoms. The lowest BCUT2D eigenvalue weighted by molar-refractivity contribution is 0.0517. The van der Waals surface area contributed by atoms with Crippen molar-refractivity contribution in [2.75, 3.05) is 20.3 Å². The molecule has 0 aliphatic heterocycles. The second-order valence-electron chi connectivity index (χ2n) is 1.55. The number of aliphatic hydroxyl groups is 2. The summed E-state index contributed by atoms with van der Waals surface area (Å²) in [5, 5.41) is 16.6. The lowest BCUT2D eigenvalue weighted by atomic mass is 10.4. The fraction of sp³-hybridized carbons (Fsp3) is 1.00. The summed E-state index contributed by atoms with van der Waals surface area (Å²) in [6.07, 6.45) is -1.29. The van der Waals surface area contributed by atoms with Gasteiger partial charge in [-0.25, -0.2) is 4.18 Å². The Labute approximate surface area is 70.7 Å². The molecule has 0 bridgehead atoms. The van der Waals surface area contributed by atoms with E-state index in [2.05, 4.69) is 9.92 Å². The van der Waals surface area contributed by atoms with Crippen molar-refractivity contribution >= 4 is 10.4 Å². The molecule has 0 aliphatic carbocycles. The molecule has 1 unspecified atom stereocenters. The van der Waals surface area contributed by atoms with E-state index in [0.29, 0.717) is 0 Å². The first-order chi connectivity index (χ1) is 5.45. The monoisotopic (exact) mass is 203 g/mol. The Morgan fingerprint density at radius 3 is 2.17 bits per heavy atom. The van der Waals surface area contributed by atoms with E-state index in [-0.39, 0.29) is 0 Å². The standard InChI is InChI=1S/C3H8O6S.CH5N/c4-1-3(5)2-9-10(6,7)8;1-2/h3-5H,1-2H2,(H,6,7,8);2H2,1H3.